The number of hydrogen-bond donors (Lipinski definition) is 2. The number of nitrogens with one attached hydrogen (secondary N) is 2. The van der Waals surface area contributed by atoms with Crippen molar-refractivity contribution < 1.29 is 9.18 Å². The monoisotopic (exact) mass is 447 g/mol. The van der Waals surface area contributed by atoms with Crippen molar-refractivity contribution >= 4 is 16.9 Å². The Bertz CT molecular complexity index is 1220. The van der Waals surface area contributed by atoms with E-state index < -0.39 is 5.82 Å². The van der Waals surface area contributed by atoms with Crippen molar-refractivity contribution in [1.82, 2.24) is 34.9 Å². The minimum Gasteiger partial charge on any atom is -0.346 e. The summed E-state index contributed by atoms with van der Waals surface area (Å²) in [5.74, 6) is 0.709. The molecule has 1 aliphatic heterocycles. The first-order chi connectivity index (χ1) is 16.1. The first kappa shape index (κ1) is 21.3. The van der Waals surface area contributed by atoms with E-state index in [0.717, 1.165) is 55.9 Å². The predicted octanol–water partition coefficient (Wildman–Crippen LogP) is 3.14. The van der Waals surface area contributed by atoms with Gasteiger partial charge in [0.15, 0.2) is 0 Å². The summed E-state index contributed by atoms with van der Waals surface area (Å²) in [5, 5.41) is 7.08. The normalized spacial score (nSPS) is 16.8. The number of rotatable bonds is 7. The van der Waals surface area contributed by atoms with E-state index in [1.54, 1.807) is 12.4 Å². The van der Waals surface area contributed by atoms with Crippen LogP contribution < -0.4 is 5.32 Å². The SMILES string of the molecule is O=C(NCc1ncccc1F)c1cnn(CC2CCCN(Cc3nc4ccccc4[nH]3)C2)c1. The zero-order chi connectivity index (χ0) is 22.6. The van der Waals surface area contributed by atoms with E-state index in [1.807, 2.05) is 28.9 Å². The van der Waals surface area contributed by atoms with Gasteiger partial charge in [0.1, 0.15) is 11.6 Å². The van der Waals surface area contributed by atoms with Gasteiger partial charge >= 0.3 is 0 Å². The van der Waals surface area contributed by atoms with Crippen LogP contribution in [0.3, 0.4) is 0 Å². The number of benzene rings is 1. The number of halogens is 1. The summed E-state index contributed by atoms with van der Waals surface area (Å²) < 4.78 is 15.5. The van der Waals surface area contributed by atoms with Crippen molar-refractivity contribution in [2.24, 2.45) is 5.92 Å². The quantitative estimate of drug-likeness (QED) is 0.454. The van der Waals surface area contributed by atoms with Gasteiger partial charge < -0.3 is 10.3 Å². The van der Waals surface area contributed by atoms with Crippen LogP contribution in [-0.2, 0) is 19.6 Å². The highest BCUT2D eigenvalue weighted by Gasteiger charge is 2.22. The maximum atomic E-state index is 13.7. The van der Waals surface area contributed by atoms with Gasteiger partial charge in [-0.1, -0.05) is 12.1 Å². The van der Waals surface area contributed by atoms with Gasteiger partial charge in [-0.3, -0.25) is 19.4 Å². The van der Waals surface area contributed by atoms with Gasteiger partial charge in [-0.15, -0.1) is 0 Å². The molecule has 0 bridgehead atoms. The number of aromatic amines is 1. The summed E-state index contributed by atoms with van der Waals surface area (Å²) in [6, 6.07) is 10.9. The molecule has 170 valence electrons. The van der Waals surface area contributed by atoms with Crippen molar-refractivity contribution in [3.05, 3.63) is 77.9 Å². The molecule has 1 aliphatic rings. The number of piperidine rings is 1. The van der Waals surface area contributed by atoms with Gasteiger partial charge in [0, 0.05) is 25.5 Å². The highest BCUT2D eigenvalue weighted by Crippen LogP contribution is 2.20. The number of carbonyl (C=O) groups excluding carboxylic acids is 1. The number of H-pyrrole nitrogens is 1. The minimum absolute atomic E-state index is 0.0378. The Balaban J connectivity index is 1.15. The van der Waals surface area contributed by atoms with Gasteiger partial charge in [0.25, 0.3) is 5.91 Å². The molecule has 0 radical (unpaired) electrons. The highest BCUT2D eigenvalue weighted by molar-refractivity contribution is 5.93. The number of likely N-dealkylation sites (tertiary alicyclic amines) is 1. The van der Waals surface area contributed by atoms with Crippen LogP contribution in [-0.4, -0.2) is 48.6 Å². The van der Waals surface area contributed by atoms with E-state index in [0.29, 0.717) is 11.5 Å². The van der Waals surface area contributed by atoms with Crippen LogP contribution in [0.2, 0.25) is 0 Å². The van der Waals surface area contributed by atoms with Gasteiger partial charge in [-0.05, 0) is 49.6 Å². The summed E-state index contributed by atoms with van der Waals surface area (Å²) in [7, 11) is 0. The zero-order valence-electron chi connectivity index (χ0n) is 18.2. The number of hydrogen-bond acceptors (Lipinski definition) is 5. The smallest absolute Gasteiger partial charge is 0.254 e. The third kappa shape index (κ3) is 5.09. The van der Waals surface area contributed by atoms with Crippen LogP contribution in [0.1, 0.15) is 34.7 Å². The number of nitrogens with zero attached hydrogens (tertiary/aromatic N) is 5. The molecule has 1 aromatic carbocycles. The molecule has 1 unspecified atom stereocenters. The number of fused-ring (bicyclic) bond motifs is 1. The van der Waals surface area contributed by atoms with Crippen LogP contribution in [0.25, 0.3) is 11.0 Å². The van der Waals surface area contributed by atoms with Crippen LogP contribution in [0.15, 0.2) is 55.0 Å². The van der Waals surface area contributed by atoms with Gasteiger partial charge in [-0.25, -0.2) is 9.37 Å². The van der Waals surface area contributed by atoms with E-state index in [2.05, 4.69) is 25.3 Å². The number of carbonyl (C=O) groups is 1. The molecule has 1 saturated heterocycles. The molecule has 4 heterocycles. The number of pyridine rings is 1. The predicted molar refractivity (Wildman–Crippen MR) is 122 cm³/mol. The molecule has 9 heteroatoms. The molecule has 1 atom stereocenters. The summed E-state index contributed by atoms with van der Waals surface area (Å²) >= 11 is 0. The second-order valence-corrected chi connectivity index (χ2v) is 8.51. The van der Waals surface area contributed by atoms with E-state index in [4.69, 9.17) is 4.98 Å². The average Bonchev–Trinajstić information content (AvgIpc) is 3.45. The Kier molecular flexibility index (Phi) is 6.12. The molecule has 8 nitrogen and oxygen atoms in total. The number of aromatic nitrogens is 5. The molecule has 0 saturated carbocycles. The number of amides is 1. The van der Waals surface area contributed by atoms with Crippen LogP contribution in [0, 0.1) is 11.7 Å². The van der Waals surface area contributed by atoms with Crippen LogP contribution in [0.4, 0.5) is 4.39 Å². The highest BCUT2D eigenvalue weighted by atomic mass is 19.1. The zero-order valence-corrected chi connectivity index (χ0v) is 18.2. The maximum Gasteiger partial charge on any atom is 0.254 e. The fourth-order valence-electron chi connectivity index (χ4n) is 4.40. The Labute approximate surface area is 190 Å². The molecule has 5 rings (SSSR count). The molecular formula is C24H26FN7O. The summed E-state index contributed by atoms with van der Waals surface area (Å²) in [4.78, 5) is 26.9. The molecule has 1 fully saturated rings. The minimum atomic E-state index is -0.432. The Morgan fingerprint density at radius 3 is 3.03 bits per heavy atom. The average molecular weight is 448 g/mol. The Morgan fingerprint density at radius 2 is 2.15 bits per heavy atom. The molecule has 2 N–H and O–H groups in total. The van der Waals surface area contributed by atoms with E-state index in [-0.39, 0.29) is 18.1 Å². The van der Waals surface area contributed by atoms with Crippen molar-refractivity contribution in [3.63, 3.8) is 0 Å². The van der Waals surface area contributed by atoms with E-state index in [9.17, 15) is 9.18 Å². The molecule has 3 aromatic heterocycles. The van der Waals surface area contributed by atoms with Gasteiger partial charge in [-0.2, -0.15) is 5.10 Å². The summed E-state index contributed by atoms with van der Waals surface area (Å²) in [6.07, 6.45) is 7.05. The van der Waals surface area contributed by atoms with Gasteiger partial charge in [0.2, 0.25) is 0 Å². The van der Waals surface area contributed by atoms with Crippen molar-refractivity contribution in [2.45, 2.75) is 32.5 Å². The standard InChI is InChI=1S/C24H26FN7O/c25-19-6-3-9-26-22(19)12-27-24(33)18-11-28-32(15-18)14-17-5-4-10-31(13-17)16-23-29-20-7-1-2-8-21(20)30-23/h1-3,6-9,11,15,17H,4-5,10,12-14,16H2,(H,27,33)(H,29,30). The maximum absolute atomic E-state index is 13.7. The van der Waals surface area contributed by atoms with Crippen LogP contribution in [0.5, 0.6) is 0 Å². The van der Waals surface area contributed by atoms with Crippen molar-refractivity contribution in [1.29, 1.82) is 0 Å². The lowest BCUT2D eigenvalue weighted by Crippen LogP contribution is -2.36. The Morgan fingerprint density at radius 1 is 1.24 bits per heavy atom. The van der Waals surface area contributed by atoms with Crippen molar-refractivity contribution in [2.75, 3.05) is 13.1 Å². The second kappa shape index (κ2) is 9.50. The fraction of sp³-hybridized carbons (Fsp3) is 0.333. The number of imidazole rings is 1. The molecule has 33 heavy (non-hydrogen) atoms. The number of para-hydroxylation sites is 2. The molecule has 0 spiro atoms. The largest absolute Gasteiger partial charge is 0.346 e. The molecule has 1 amide bonds. The first-order valence-corrected chi connectivity index (χ1v) is 11.2. The molecular weight excluding hydrogens is 421 g/mol. The Hall–Kier alpha value is -3.59. The lowest BCUT2D eigenvalue weighted by atomic mass is 9.98. The van der Waals surface area contributed by atoms with Crippen LogP contribution >= 0.6 is 0 Å². The second-order valence-electron chi connectivity index (χ2n) is 8.51. The molecule has 4 aromatic rings. The van der Waals surface area contributed by atoms with Gasteiger partial charge in [0.05, 0.1) is 41.6 Å². The lowest BCUT2D eigenvalue weighted by Gasteiger charge is -2.32. The third-order valence-corrected chi connectivity index (χ3v) is 6.01. The first-order valence-electron chi connectivity index (χ1n) is 11.2. The topological polar surface area (TPSA) is 91.7 Å². The van der Waals surface area contributed by atoms with E-state index >= 15 is 0 Å². The summed E-state index contributed by atoms with van der Waals surface area (Å²) in [6.45, 7) is 3.58. The summed E-state index contributed by atoms with van der Waals surface area (Å²) in [5.41, 5.74) is 2.73. The molecule has 0 aliphatic carbocycles. The van der Waals surface area contributed by atoms with E-state index in [1.165, 1.54) is 18.3 Å². The van der Waals surface area contributed by atoms with Crippen molar-refractivity contribution in [3.8, 4) is 0 Å². The fourth-order valence-corrected chi connectivity index (χ4v) is 4.40. The lowest BCUT2D eigenvalue weighted by molar-refractivity contribution is 0.0949. The third-order valence-electron chi connectivity index (χ3n) is 6.01.